The number of amides is 1. The number of anilines is 1. The van der Waals surface area contributed by atoms with Crippen molar-refractivity contribution in [3.8, 4) is 10.4 Å². The van der Waals surface area contributed by atoms with E-state index in [9.17, 15) is 40.7 Å². The first-order chi connectivity index (χ1) is 17.4. The molecule has 0 saturated heterocycles. The predicted molar refractivity (Wildman–Crippen MR) is 117 cm³/mol. The summed E-state index contributed by atoms with van der Waals surface area (Å²) < 4.78 is 80.0. The molecule has 4 rings (SSSR count). The monoisotopic (exact) mass is 547 g/mol. The number of carbonyl (C=O) groups is 2. The fourth-order valence-corrected chi connectivity index (χ4v) is 4.50. The Bertz CT molecular complexity index is 1470. The molecule has 196 valence electrons. The van der Waals surface area contributed by atoms with Gasteiger partial charge in [0.15, 0.2) is 5.82 Å². The molecule has 0 saturated carbocycles. The van der Waals surface area contributed by atoms with E-state index in [-0.39, 0.29) is 17.2 Å². The Hall–Kier alpha value is -3.92. The summed E-state index contributed by atoms with van der Waals surface area (Å²) in [6, 6.07) is 5.58. The molecule has 1 aliphatic heterocycles. The molecule has 0 unspecified atom stereocenters. The summed E-state index contributed by atoms with van der Waals surface area (Å²) in [4.78, 5) is 40.8. The van der Waals surface area contributed by atoms with Gasteiger partial charge in [0, 0.05) is 21.9 Å². The first-order valence-electron chi connectivity index (χ1n) is 10.3. The number of carbonyl (C=O) groups excluding carboxylic acids is 2. The van der Waals surface area contributed by atoms with Crippen LogP contribution in [0.4, 0.5) is 32.0 Å². The molecule has 2 N–H and O–H groups in total. The van der Waals surface area contributed by atoms with E-state index in [0.29, 0.717) is 15.3 Å². The maximum absolute atomic E-state index is 14.8. The summed E-state index contributed by atoms with van der Waals surface area (Å²) in [6.45, 7) is -0.888. The average molecular weight is 547 g/mol. The highest BCUT2D eigenvalue weighted by Crippen LogP contribution is 2.38. The second-order valence-electron chi connectivity index (χ2n) is 7.74. The van der Waals surface area contributed by atoms with Crippen molar-refractivity contribution in [3.05, 3.63) is 69.0 Å². The zero-order valence-electron chi connectivity index (χ0n) is 18.4. The van der Waals surface area contributed by atoms with Crippen LogP contribution in [0.1, 0.15) is 10.4 Å². The molecule has 1 aliphatic rings. The van der Waals surface area contributed by atoms with Crippen molar-refractivity contribution in [3.63, 3.8) is 0 Å². The van der Waals surface area contributed by atoms with E-state index in [1.165, 1.54) is 17.0 Å². The molecule has 0 aliphatic carbocycles. The number of benzene rings is 1. The van der Waals surface area contributed by atoms with E-state index in [1.54, 1.807) is 12.1 Å². The van der Waals surface area contributed by atoms with Crippen LogP contribution in [0.5, 0.6) is 0 Å². The number of hydroxylamine groups is 1. The Kier molecular flexibility index (Phi) is 6.96. The SMILES string of the molecule is NCC(Cn1ncn(Cc2ccc(-c3cc(F)c4c(c3)CC(=O)N4OC(=O)C(F)(F)F)s2)c1=O)=C(F)F. The molecule has 3 heterocycles. The van der Waals surface area contributed by atoms with E-state index in [2.05, 4.69) is 9.94 Å². The lowest BCUT2D eigenvalue weighted by Gasteiger charge is -2.17. The van der Waals surface area contributed by atoms with Crippen LogP contribution >= 0.6 is 11.3 Å². The van der Waals surface area contributed by atoms with Crippen LogP contribution in [0.15, 0.2) is 47.0 Å². The molecule has 9 nitrogen and oxygen atoms in total. The molecule has 0 radical (unpaired) electrons. The highest BCUT2D eigenvalue weighted by Gasteiger charge is 2.45. The lowest BCUT2D eigenvalue weighted by atomic mass is 10.1. The third-order valence-corrected chi connectivity index (χ3v) is 6.36. The summed E-state index contributed by atoms with van der Waals surface area (Å²) in [5, 5.41) is 3.80. The minimum Gasteiger partial charge on any atom is -0.327 e. The number of halogens is 6. The molecule has 0 bridgehead atoms. The number of hydrogen-bond acceptors (Lipinski definition) is 7. The number of thiophene rings is 1. The second-order valence-corrected chi connectivity index (χ2v) is 8.91. The summed E-state index contributed by atoms with van der Waals surface area (Å²) in [5.74, 6) is -4.79. The largest absolute Gasteiger partial charge is 0.493 e. The number of fused-ring (bicyclic) bond motifs is 1. The molecular weight excluding hydrogens is 532 g/mol. The Morgan fingerprint density at radius 2 is 1.92 bits per heavy atom. The van der Waals surface area contributed by atoms with Crippen molar-refractivity contribution in [2.75, 3.05) is 11.6 Å². The number of rotatable bonds is 7. The van der Waals surface area contributed by atoms with E-state index < -0.39 is 66.4 Å². The zero-order valence-corrected chi connectivity index (χ0v) is 19.2. The number of nitrogens with two attached hydrogens (primary N) is 1. The molecule has 2 aromatic heterocycles. The summed E-state index contributed by atoms with van der Waals surface area (Å²) in [7, 11) is 0. The van der Waals surface area contributed by atoms with Crippen LogP contribution < -0.4 is 16.5 Å². The first-order valence-corrected chi connectivity index (χ1v) is 11.1. The van der Waals surface area contributed by atoms with Gasteiger partial charge in [0.2, 0.25) is 0 Å². The van der Waals surface area contributed by atoms with Crippen LogP contribution in [0, 0.1) is 5.82 Å². The maximum Gasteiger partial charge on any atom is 0.493 e. The van der Waals surface area contributed by atoms with Gasteiger partial charge in [0.05, 0.1) is 19.5 Å². The molecule has 16 heteroatoms. The van der Waals surface area contributed by atoms with Gasteiger partial charge in [-0.15, -0.1) is 16.4 Å². The van der Waals surface area contributed by atoms with E-state index in [0.717, 1.165) is 22.1 Å². The third kappa shape index (κ3) is 5.29. The molecule has 0 spiro atoms. The zero-order chi connectivity index (χ0) is 27.1. The fourth-order valence-electron chi connectivity index (χ4n) is 3.51. The number of nitrogens with zero attached hydrogens (tertiary/aromatic N) is 4. The molecule has 0 atom stereocenters. The number of aromatic nitrogens is 3. The highest BCUT2D eigenvalue weighted by atomic mass is 32.1. The molecule has 3 aromatic rings. The summed E-state index contributed by atoms with van der Waals surface area (Å²) >= 11 is 1.15. The van der Waals surface area contributed by atoms with Crippen LogP contribution in [-0.2, 0) is 33.9 Å². The topological polar surface area (TPSA) is 112 Å². The molecule has 1 amide bonds. The van der Waals surface area contributed by atoms with Crippen LogP contribution in [-0.4, -0.2) is 38.9 Å². The van der Waals surface area contributed by atoms with Crippen molar-refractivity contribution in [1.82, 2.24) is 14.3 Å². The van der Waals surface area contributed by atoms with Crippen LogP contribution in [0.25, 0.3) is 10.4 Å². The van der Waals surface area contributed by atoms with Crippen LogP contribution in [0.3, 0.4) is 0 Å². The second kappa shape index (κ2) is 9.85. The minimum absolute atomic E-state index is 0.00571. The average Bonchev–Trinajstić information content (AvgIpc) is 3.50. The standard InChI is InChI=1S/C21H15F6N5O4S/c22-14-4-10(3-11-5-16(33)32(17(11)14)36-19(34)21(25,26)27)15-2-1-13(37-15)8-30-9-29-31(20(30)35)7-12(6-28)18(23)24/h1-4,9H,5-8,28H2. The molecular formula is C21H15F6N5O4S. The van der Waals surface area contributed by atoms with Gasteiger partial charge < -0.3 is 10.6 Å². The van der Waals surface area contributed by atoms with Gasteiger partial charge in [0.1, 0.15) is 12.0 Å². The third-order valence-electron chi connectivity index (χ3n) is 5.24. The normalized spacial score (nSPS) is 13.2. The first kappa shape index (κ1) is 26.2. The van der Waals surface area contributed by atoms with Crippen molar-refractivity contribution in [1.29, 1.82) is 0 Å². The van der Waals surface area contributed by atoms with E-state index >= 15 is 0 Å². The quantitative estimate of drug-likeness (QED) is 0.456. The van der Waals surface area contributed by atoms with E-state index in [4.69, 9.17) is 5.73 Å². The van der Waals surface area contributed by atoms with Gasteiger partial charge in [-0.3, -0.25) is 9.36 Å². The maximum atomic E-state index is 14.8. The number of alkyl halides is 3. The summed E-state index contributed by atoms with van der Waals surface area (Å²) in [6.07, 6.45) is -6.69. The lowest BCUT2D eigenvalue weighted by molar-refractivity contribution is -0.201. The highest BCUT2D eigenvalue weighted by molar-refractivity contribution is 7.15. The van der Waals surface area contributed by atoms with Crippen LogP contribution in [0.2, 0.25) is 0 Å². The van der Waals surface area contributed by atoms with Gasteiger partial charge in [-0.1, -0.05) is 0 Å². The summed E-state index contributed by atoms with van der Waals surface area (Å²) in [5.41, 5.74) is 3.90. The molecule has 0 fully saturated rings. The Morgan fingerprint density at radius 3 is 2.57 bits per heavy atom. The fraction of sp³-hybridized carbons (Fsp3) is 0.238. The van der Waals surface area contributed by atoms with Gasteiger partial charge in [-0.05, 0) is 35.4 Å². The lowest BCUT2D eigenvalue weighted by Crippen LogP contribution is -2.37. The van der Waals surface area contributed by atoms with Gasteiger partial charge in [0.25, 0.3) is 12.0 Å². The number of hydrogen-bond donors (Lipinski definition) is 1. The molecule has 37 heavy (non-hydrogen) atoms. The minimum atomic E-state index is -5.38. The van der Waals surface area contributed by atoms with Crippen molar-refractivity contribution in [2.45, 2.75) is 25.7 Å². The van der Waals surface area contributed by atoms with Gasteiger partial charge in [-0.25, -0.2) is 18.7 Å². The van der Waals surface area contributed by atoms with Crippen molar-refractivity contribution in [2.24, 2.45) is 5.73 Å². The van der Waals surface area contributed by atoms with E-state index in [1.807, 2.05) is 0 Å². The Balaban J connectivity index is 1.54. The predicted octanol–water partition coefficient (Wildman–Crippen LogP) is 2.98. The van der Waals surface area contributed by atoms with Crippen molar-refractivity contribution >= 4 is 28.9 Å². The Morgan fingerprint density at radius 1 is 1.19 bits per heavy atom. The van der Waals surface area contributed by atoms with Gasteiger partial charge >= 0.3 is 17.8 Å². The molecule has 1 aromatic carbocycles. The van der Waals surface area contributed by atoms with Crippen molar-refractivity contribution < 1.29 is 40.8 Å². The van der Waals surface area contributed by atoms with Gasteiger partial charge in [-0.2, -0.15) is 27.1 Å². The Labute approximate surface area is 206 Å². The smallest absolute Gasteiger partial charge is 0.327 e.